The summed E-state index contributed by atoms with van der Waals surface area (Å²) in [6, 6.07) is 16.0. The van der Waals surface area contributed by atoms with E-state index in [2.05, 4.69) is 10.6 Å². The largest absolute Gasteiger partial charge is 0.445 e. The number of carbonyl (C=O) groups excluding carboxylic acids is 3. The third kappa shape index (κ3) is 7.82. The molecule has 0 saturated carbocycles. The van der Waals surface area contributed by atoms with Gasteiger partial charge in [-0.05, 0) is 63.4 Å². The van der Waals surface area contributed by atoms with E-state index in [1.54, 1.807) is 49.9 Å². The van der Waals surface area contributed by atoms with Gasteiger partial charge in [-0.2, -0.15) is 0 Å². The molecular formula is C25H31N3O5. The smallest absolute Gasteiger partial charge is 0.412 e. The zero-order valence-electron chi connectivity index (χ0n) is 19.3. The number of benzene rings is 2. The van der Waals surface area contributed by atoms with E-state index in [0.29, 0.717) is 24.3 Å². The van der Waals surface area contributed by atoms with Crippen LogP contribution in [0.25, 0.3) is 0 Å². The van der Waals surface area contributed by atoms with Crippen LogP contribution in [0.3, 0.4) is 0 Å². The highest BCUT2D eigenvalue weighted by Gasteiger charge is 2.26. The summed E-state index contributed by atoms with van der Waals surface area (Å²) in [6.07, 6.45) is 0.526. The van der Waals surface area contributed by atoms with Gasteiger partial charge in [-0.15, -0.1) is 0 Å². The molecule has 3 rings (SSSR count). The minimum absolute atomic E-state index is 0.122. The van der Waals surface area contributed by atoms with Crippen molar-refractivity contribution in [3.63, 3.8) is 0 Å². The van der Waals surface area contributed by atoms with Gasteiger partial charge in [0.05, 0.1) is 0 Å². The summed E-state index contributed by atoms with van der Waals surface area (Å²) in [4.78, 5) is 38.7. The number of piperidine rings is 1. The molecule has 2 aromatic rings. The molecule has 1 unspecified atom stereocenters. The van der Waals surface area contributed by atoms with Crippen LogP contribution in [0.15, 0.2) is 54.6 Å². The van der Waals surface area contributed by atoms with Crippen LogP contribution in [-0.4, -0.2) is 47.7 Å². The van der Waals surface area contributed by atoms with Crippen LogP contribution < -0.4 is 10.6 Å². The first-order valence-corrected chi connectivity index (χ1v) is 11.1. The summed E-state index contributed by atoms with van der Waals surface area (Å²) < 4.78 is 10.5. The Labute approximate surface area is 194 Å². The van der Waals surface area contributed by atoms with E-state index < -0.39 is 17.8 Å². The quantitative estimate of drug-likeness (QED) is 0.692. The molecule has 8 nitrogen and oxygen atoms in total. The Kier molecular flexibility index (Phi) is 7.92. The second kappa shape index (κ2) is 10.8. The van der Waals surface area contributed by atoms with Gasteiger partial charge < -0.3 is 19.7 Å². The fourth-order valence-electron chi connectivity index (χ4n) is 3.51. The lowest BCUT2D eigenvalue weighted by Crippen LogP contribution is -2.49. The van der Waals surface area contributed by atoms with Crippen LogP contribution in [0.4, 0.5) is 15.3 Å². The SMILES string of the molecule is CC(C)(C)OC(=O)Nc1ccc(C(=O)N2CCCC(NC(=O)OCc3ccccc3)C2)cc1. The summed E-state index contributed by atoms with van der Waals surface area (Å²) in [5.74, 6) is -0.122. The van der Waals surface area contributed by atoms with Crippen LogP contribution in [0.1, 0.15) is 49.5 Å². The lowest BCUT2D eigenvalue weighted by Gasteiger charge is -2.33. The second-order valence-electron chi connectivity index (χ2n) is 9.00. The van der Waals surface area contributed by atoms with Gasteiger partial charge in [0.2, 0.25) is 0 Å². The third-order valence-electron chi connectivity index (χ3n) is 5.02. The maximum atomic E-state index is 12.9. The molecule has 176 valence electrons. The minimum Gasteiger partial charge on any atom is -0.445 e. The summed E-state index contributed by atoms with van der Waals surface area (Å²) in [6.45, 7) is 6.60. The second-order valence-corrected chi connectivity index (χ2v) is 9.00. The number of amides is 3. The average Bonchev–Trinajstić information content (AvgIpc) is 2.77. The van der Waals surface area contributed by atoms with Crippen molar-refractivity contribution < 1.29 is 23.9 Å². The number of carbonyl (C=O) groups is 3. The fourth-order valence-corrected chi connectivity index (χ4v) is 3.51. The summed E-state index contributed by atoms with van der Waals surface area (Å²) in [5.41, 5.74) is 1.38. The zero-order valence-corrected chi connectivity index (χ0v) is 19.3. The standard InChI is InChI=1S/C25H31N3O5/c1-25(2,3)33-24(31)26-20-13-11-19(12-14-20)22(29)28-15-7-10-21(16-28)27-23(30)32-17-18-8-5-4-6-9-18/h4-6,8-9,11-14,21H,7,10,15-17H2,1-3H3,(H,26,31)(H,27,30). The molecule has 3 amide bonds. The van der Waals surface area contributed by atoms with E-state index in [-0.39, 0.29) is 18.6 Å². The van der Waals surface area contributed by atoms with Crippen molar-refractivity contribution in [3.05, 3.63) is 65.7 Å². The number of rotatable bonds is 5. The van der Waals surface area contributed by atoms with Gasteiger partial charge in [-0.1, -0.05) is 30.3 Å². The molecule has 1 saturated heterocycles. The molecule has 0 aliphatic carbocycles. The van der Waals surface area contributed by atoms with Crippen LogP contribution in [0, 0.1) is 0 Å². The van der Waals surface area contributed by atoms with Crippen molar-refractivity contribution in [2.24, 2.45) is 0 Å². The molecule has 2 N–H and O–H groups in total. The molecule has 33 heavy (non-hydrogen) atoms. The molecule has 8 heteroatoms. The first kappa shape index (κ1) is 24.1. The van der Waals surface area contributed by atoms with Crippen molar-refractivity contribution in [1.29, 1.82) is 0 Å². The van der Waals surface area contributed by atoms with Crippen molar-refractivity contribution in [1.82, 2.24) is 10.2 Å². The summed E-state index contributed by atoms with van der Waals surface area (Å²) in [5, 5.41) is 5.51. The molecule has 1 heterocycles. The van der Waals surface area contributed by atoms with Gasteiger partial charge in [-0.25, -0.2) is 9.59 Å². The predicted octanol–water partition coefficient (Wildman–Crippen LogP) is 4.56. The van der Waals surface area contributed by atoms with E-state index in [9.17, 15) is 14.4 Å². The Morgan fingerprint density at radius 2 is 1.70 bits per heavy atom. The fraction of sp³-hybridized carbons (Fsp3) is 0.400. The number of likely N-dealkylation sites (tertiary alicyclic amines) is 1. The maximum Gasteiger partial charge on any atom is 0.412 e. The van der Waals surface area contributed by atoms with Crippen molar-refractivity contribution in [3.8, 4) is 0 Å². The van der Waals surface area contributed by atoms with Crippen molar-refractivity contribution >= 4 is 23.8 Å². The Morgan fingerprint density at radius 3 is 2.36 bits per heavy atom. The van der Waals surface area contributed by atoms with E-state index >= 15 is 0 Å². The van der Waals surface area contributed by atoms with Crippen LogP contribution >= 0.6 is 0 Å². The van der Waals surface area contributed by atoms with Gasteiger partial charge in [0.25, 0.3) is 5.91 Å². The average molecular weight is 454 g/mol. The molecule has 2 aromatic carbocycles. The first-order valence-electron chi connectivity index (χ1n) is 11.1. The van der Waals surface area contributed by atoms with Gasteiger partial charge in [0.1, 0.15) is 12.2 Å². The lowest BCUT2D eigenvalue weighted by atomic mass is 10.0. The molecule has 0 bridgehead atoms. The predicted molar refractivity (Wildman–Crippen MR) is 125 cm³/mol. The topological polar surface area (TPSA) is 97.0 Å². The Hall–Kier alpha value is -3.55. The highest BCUT2D eigenvalue weighted by atomic mass is 16.6. The molecule has 0 aromatic heterocycles. The van der Waals surface area contributed by atoms with Gasteiger partial charge in [0, 0.05) is 30.4 Å². The van der Waals surface area contributed by atoms with Gasteiger partial charge in [0.15, 0.2) is 0 Å². The van der Waals surface area contributed by atoms with E-state index in [0.717, 1.165) is 18.4 Å². The Morgan fingerprint density at radius 1 is 1.00 bits per heavy atom. The van der Waals surface area contributed by atoms with E-state index in [1.165, 1.54) is 0 Å². The number of hydrogen-bond acceptors (Lipinski definition) is 5. The van der Waals surface area contributed by atoms with Gasteiger partial charge >= 0.3 is 12.2 Å². The molecule has 1 fully saturated rings. The monoisotopic (exact) mass is 453 g/mol. The van der Waals surface area contributed by atoms with E-state index in [1.807, 2.05) is 30.3 Å². The van der Waals surface area contributed by atoms with Gasteiger partial charge in [-0.3, -0.25) is 10.1 Å². The minimum atomic E-state index is -0.590. The number of anilines is 1. The van der Waals surface area contributed by atoms with Crippen molar-refractivity contribution in [2.45, 2.75) is 51.9 Å². The molecule has 0 radical (unpaired) electrons. The first-order chi connectivity index (χ1) is 15.7. The van der Waals surface area contributed by atoms with Crippen LogP contribution in [-0.2, 0) is 16.1 Å². The highest BCUT2D eigenvalue weighted by Crippen LogP contribution is 2.17. The normalized spacial score (nSPS) is 16.0. The Bertz CT molecular complexity index is 954. The van der Waals surface area contributed by atoms with Crippen molar-refractivity contribution in [2.75, 3.05) is 18.4 Å². The number of ether oxygens (including phenoxy) is 2. The summed E-state index contributed by atoms with van der Waals surface area (Å²) in [7, 11) is 0. The molecule has 1 aliphatic rings. The maximum absolute atomic E-state index is 12.9. The number of nitrogens with zero attached hydrogens (tertiary/aromatic N) is 1. The highest BCUT2D eigenvalue weighted by molar-refractivity contribution is 5.95. The van der Waals surface area contributed by atoms with Crippen LogP contribution in [0.5, 0.6) is 0 Å². The van der Waals surface area contributed by atoms with E-state index in [4.69, 9.17) is 9.47 Å². The number of hydrogen-bond donors (Lipinski definition) is 2. The molecular weight excluding hydrogens is 422 g/mol. The summed E-state index contributed by atoms with van der Waals surface area (Å²) >= 11 is 0. The number of nitrogens with one attached hydrogen (secondary N) is 2. The van der Waals surface area contributed by atoms with Crippen LogP contribution in [0.2, 0.25) is 0 Å². The number of alkyl carbamates (subject to hydrolysis) is 1. The zero-order chi connectivity index (χ0) is 23.8. The Balaban J connectivity index is 1.49. The third-order valence-corrected chi connectivity index (χ3v) is 5.02. The lowest BCUT2D eigenvalue weighted by molar-refractivity contribution is 0.0635. The molecule has 1 atom stereocenters. The molecule has 0 spiro atoms. The molecule has 1 aliphatic heterocycles.